The molecular weight excluding hydrogens is 424 g/mol. The van der Waals surface area contributed by atoms with Crippen LogP contribution in [0.3, 0.4) is 0 Å². The molecule has 0 radical (unpaired) electrons. The van der Waals surface area contributed by atoms with E-state index in [1.54, 1.807) is 25.3 Å². The molecule has 8 heteroatoms. The van der Waals surface area contributed by atoms with Crippen molar-refractivity contribution in [3.63, 3.8) is 0 Å². The summed E-state index contributed by atoms with van der Waals surface area (Å²) in [5, 5.41) is 0. The molecule has 2 aliphatic heterocycles. The summed E-state index contributed by atoms with van der Waals surface area (Å²) >= 11 is 0. The monoisotopic (exact) mass is 458 g/mol. The number of benzene rings is 2. The first-order chi connectivity index (χ1) is 15.3. The number of piperazine rings is 1. The van der Waals surface area contributed by atoms with Crippen molar-refractivity contribution in [1.29, 1.82) is 0 Å². The van der Waals surface area contributed by atoms with E-state index >= 15 is 0 Å². The molecule has 2 heterocycles. The van der Waals surface area contributed by atoms with Crippen LogP contribution in [0.5, 0.6) is 5.75 Å². The number of likely N-dealkylation sites (N-methyl/N-ethyl adjacent to an activating group) is 2. The molecule has 0 aliphatic carbocycles. The number of anilines is 1. The van der Waals surface area contributed by atoms with E-state index in [4.69, 9.17) is 4.74 Å². The molecule has 4 rings (SSSR count). The minimum absolute atomic E-state index is 0.00553. The molecule has 1 fully saturated rings. The zero-order valence-electron chi connectivity index (χ0n) is 19.5. The van der Waals surface area contributed by atoms with Gasteiger partial charge in [0.1, 0.15) is 5.75 Å². The summed E-state index contributed by atoms with van der Waals surface area (Å²) in [5.41, 5.74) is 4.60. The van der Waals surface area contributed by atoms with Crippen LogP contribution < -0.4 is 14.4 Å². The number of fused-ring (bicyclic) bond motifs is 1. The van der Waals surface area contributed by atoms with Crippen LogP contribution in [0.15, 0.2) is 41.3 Å². The first kappa shape index (κ1) is 23.0. The second-order valence-electron chi connectivity index (χ2n) is 8.90. The second-order valence-corrected chi connectivity index (χ2v) is 10.7. The Hall–Kier alpha value is -2.13. The van der Waals surface area contributed by atoms with Crippen LogP contribution in [0.4, 0.5) is 5.69 Å². The SMILES string of the molecule is COc1ccc(S(=O)(=O)NC[C@H](c2ccc3c(c2)CCN3C)N2CCN(C)CC2)cc1C. The number of rotatable bonds is 7. The highest BCUT2D eigenvalue weighted by Gasteiger charge is 2.27. The zero-order chi connectivity index (χ0) is 22.9. The molecule has 2 aromatic carbocycles. The van der Waals surface area contributed by atoms with Crippen LogP contribution in [0.25, 0.3) is 0 Å². The molecule has 0 spiro atoms. The maximum absolute atomic E-state index is 13.1. The summed E-state index contributed by atoms with van der Waals surface area (Å²) < 4.78 is 34.4. The Bertz CT molecular complexity index is 1060. The van der Waals surface area contributed by atoms with Crippen LogP contribution in [0, 0.1) is 6.92 Å². The number of aryl methyl sites for hydroxylation is 1. The van der Waals surface area contributed by atoms with Crippen LogP contribution in [-0.4, -0.2) is 78.7 Å². The van der Waals surface area contributed by atoms with E-state index in [1.165, 1.54) is 16.8 Å². The molecule has 0 amide bonds. The normalized spacial score (nSPS) is 18.6. The fraction of sp³-hybridized carbons (Fsp3) is 0.500. The minimum Gasteiger partial charge on any atom is -0.496 e. The van der Waals surface area contributed by atoms with E-state index in [0.29, 0.717) is 12.3 Å². The Kier molecular flexibility index (Phi) is 6.76. The third-order valence-electron chi connectivity index (χ3n) is 6.74. The molecule has 7 nitrogen and oxygen atoms in total. The smallest absolute Gasteiger partial charge is 0.240 e. The lowest BCUT2D eigenvalue weighted by Crippen LogP contribution is -2.48. The summed E-state index contributed by atoms with van der Waals surface area (Å²) in [4.78, 5) is 7.26. The highest BCUT2D eigenvalue weighted by Crippen LogP contribution is 2.31. The molecule has 1 saturated heterocycles. The molecule has 174 valence electrons. The summed E-state index contributed by atoms with van der Waals surface area (Å²) in [7, 11) is 2.21. The average Bonchev–Trinajstić information content (AvgIpc) is 3.15. The summed E-state index contributed by atoms with van der Waals surface area (Å²) in [6.45, 7) is 7.02. The lowest BCUT2D eigenvalue weighted by molar-refractivity contribution is 0.113. The predicted molar refractivity (Wildman–Crippen MR) is 128 cm³/mol. The van der Waals surface area contributed by atoms with Gasteiger partial charge in [-0.2, -0.15) is 0 Å². The van der Waals surface area contributed by atoms with Gasteiger partial charge in [-0.1, -0.05) is 12.1 Å². The number of methoxy groups -OCH3 is 1. The van der Waals surface area contributed by atoms with Gasteiger partial charge in [0, 0.05) is 58.0 Å². The summed E-state index contributed by atoms with van der Waals surface area (Å²) in [6, 6.07) is 11.6. The largest absolute Gasteiger partial charge is 0.496 e. The third-order valence-corrected chi connectivity index (χ3v) is 8.16. The van der Waals surface area contributed by atoms with Crippen molar-refractivity contribution in [2.24, 2.45) is 0 Å². The van der Waals surface area contributed by atoms with Crippen molar-refractivity contribution in [2.75, 3.05) is 65.4 Å². The number of sulfonamides is 1. The van der Waals surface area contributed by atoms with E-state index in [1.807, 2.05) is 6.92 Å². The van der Waals surface area contributed by atoms with Gasteiger partial charge in [0.05, 0.1) is 12.0 Å². The van der Waals surface area contributed by atoms with E-state index in [-0.39, 0.29) is 10.9 Å². The van der Waals surface area contributed by atoms with Gasteiger partial charge in [0.15, 0.2) is 0 Å². The quantitative estimate of drug-likeness (QED) is 0.687. The van der Waals surface area contributed by atoms with E-state index < -0.39 is 10.0 Å². The molecule has 0 saturated carbocycles. The maximum Gasteiger partial charge on any atom is 0.240 e. The lowest BCUT2D eigenvalue weighted by atomic mass is 10.0. The van der Waals surface area contributed by atoms with Crippen LogP contribution in [0.1, 0.15) is 22.7 Å². The number of nitrogens with zero attached hydrogens (tertiary/aromatic N) is 3. The number of hydrogen-bond acceptors (Lipinski definition) is 6. The Labute approximate surface area is 192 Å². The highest BCUT2D eigenvalue weighted by atomic mass is 32.2. The van der Waals surface area contributed by atoms with Crippen molar-refractivity contribution >= 4 is 15.7 Å². The molecule has 0 bridgehead atoms. The van der Waals surface area contributed by atoms with Crippen molar-refractivity contribution in [3.05, 3.63) is 53.1 Å². The summed E-state index contributed by atoms with van der Waals surface area (Å²) in [5.74, 6) is 0.683. The van der Waals surface area contributed by atoms with Crippen molar-refractivity contribution in [3.8, 4) is 5.75 Å². The Balaban J connectivity index is 1.57. The number of hydrogen-bond donors (Lipinski definition) is 1. The molecule has 0 aromatic heterocycles. The van der Waals surface area contributed by atoms with E-state index in [0.717, 1.165) is 44.7 Å². The van der Waals surface area contributed by atoms with Crippen molar-refractivity contribution < 1.29 is 13.2 Å². The predicted octanol–water partition coefficient (Wildman–Crippen LogP) is 2.26. The molecule has 1 N–H and O–H groups in total. The van der Waals surface area contributed by atoms with Gasteiger partial charge in [-0.05, 0) is 61.3 Å². The maximum atomic E-state index is 13.1. The van der Waals surface area contributed by atoms with Crippen LogP contribution in [0.2, 0.25) is 0 Å². The zero-order valence-corrected chi connectivity index (χ0v) is 20.3. The molecule has 0 unspecified atom stereocenters. The lowest BCUT2D eigenvalue weighted by Gasteiger charge is -2.38. The molecule has 2 aromatic rings. The van der Waals surface area contributed by atoms with E-state index in [2.05, 4.69) is 51.7 Å². The Morgan fingerprint density at radius 1 is 1.03 bits per heavy atom. The highest BCUT2D eigenvalue weighted by molar-refractivity contribution is 7.89. The first-order valence-electron chi connectivity index (χ1n) is 11.2. The van der Waals surface area contributed by atoms with Gasteiger partial charge in [0.25, 0.3) is 0 Å². The van der Waals surface area contributed by atoms with Crippen molar-refractivity contribution in [1.82, 2.24) is 14.5 Å². The van der Waals surface area contributed by atoms with Gasteiger partial charge in [-0.15, -0.1) is 0 Å². The Morgan fingerprint density at radius 3 is 2.47 bits per heavy atom. The minimum atomic E-state index is -3.63. The fourth-order valence-electron chi connectivity index (χ4n) is 4.68. The van der Waals surface area contributed by atoms with Crippen LogP contribution >= 0.6 is 0 Å². The first-order valence-corrected chi connectivity index (χ1v) is 12.7. The van der Waals surface area contributed by atoms with E-state index in [9.17, 15) is 8.42 Å². The Morgan fingerprint density at radius 2 is 1.78 bits per heavy atom. The van der Waals surface area contributed by atoms with Gasteiger partial charge >= 0.3 is 0 Å². The molecule has 1 atom stereocenters. The molecule has 32 heavy (non-hydrogen) atoms. The molecule has 2 aliphatic rings. The van der Waals surface area contributed by atoms with Gasteiger partial charge in [-0.3, -0.25) is 4.90 Å². The van der Waals surface area contributed by atoms with Gasteiger partial charge in [0.2, 0.25) is 10.0 Å². The summed E-state index contributed by atoms with van der Waals surface area (Å²) in [6.07, 6.45) is 1.03. The molecular formula is C24H34N4O3S. The van der Waals surface area contributed by atoms with Crippen LogP contribution in [-0.2, 0) is 16.4 Å². The number of ether oxygens (including phenoxy) is 1. The second kappa shape index (κ2) is 9.39. The standard InChI is InChI=1S/C24H34N4O3S/c1-18-15-21(6-8-24(18)31-4)32(29,30)25-17-23(28-13-11-26(2)12-14-28)19-5-7-22-20(16-19)9-10-27(22)3/h5-8,15-16,23,25H,9-14,17H2,1-4H3/t23-/m1/s1. The fourth-order valence-corrected chi connectivity index (χ4v) is 5.80. The topological polar surface area (TPSA) is 65.1 Å². The van der Waals surface area contributed by atoms with Gasteiger partial charge < -0.3 is 14.5 Å². The van der Waals surface area contributed by atoms with Crippen molar-refractivity contribution in [2.45, 2.75) is 24.3 Å². The third kappa shape index (κ3) is 4.78. The number of nitrogens with one attached hydrogen (secondary N) is 1. The van der Waals surface area contributed by atoms with Gasteiger partial charge in [-0.25, -0.2) is 13.1 Å². The average molecular weight is 459 g/mol.